The first-order valence-corrected chi connectivity index (χ1v) is 6.14. The van der Waals surface area contributed by atoms with Gasteiger partial charge in [0, 0.05) is 11.0 Å². The van der Waals surface area contributed by atoms with Gasteiger partial charge >= 0.3 is 0 Å². The van der Waals surface area contributed by atoms with E-state index < -0.39 is 0 Å². The van der Waals surface area contributed by atoms with Crippen molar-refractivity contribution in [2.75, 3.05) is 12.4 Å². The maximum Gasteiger partial charge on any atom is 0.0615 e. The van der Waals surface area contributed by atoms with E-state index in [2.05, 4.69) is 11.8 Å². The van der Waals surface area contributed by atoms with Gasteiger partial charge in [0.1, 0.15) is 0 Å². The molecule has 0 radical (unpaired) electrons. The van der Waals surface area contributed by atoms with Gasteiger partial charge in [0.05, 0.1) is 10.7 Å². The van der Waals surface area contributed by atoms with Crippen molar-refractivity contribution in [3.8, 4) is 0 Å². The average Bonchev–Trinajstić information content (AvgIpc) is 2.62. The Morgan fingerprint density at radius 1 is 1.36 bits per heavy atom. The lowest BCUT2D eigenvalue weighted by Gasteiger charge is -2.20. The van der Waals surface area contributed by atoms with Crippen molar-refractivity contribution in [1.29, 1.82) is 0 Å². The molecule has 1 nitrogen and oxygen atoms in total. The zero-order valence-corrected chi connectivity index (χ0v) is 8.22. The summed E-state index contributed by atoms with van der Waals surface area (Å²) in [6.45, 7) is 0.374. The summed E-state index contributed by atoms with van der Waals surface area (Å²) < 4.78 is 0.535. The summed E-state index contributed by atoms with van der Waals surface area (Å²) >= 11 is 4.12. The molecular formula is C8H14OS2. The molecule has 1 N–H and O–H groups in total. The normalized spacial score (nSPS) is 35.2. The maximum atomic E-state index is 8.98. The van der Waals surface area contributed by atoms with E-state index in [1.54, 1.807) is 0 Å². The van der Waals surface area contributed by atoms with E-state index >= 15 is 0 Å². The Bertz CT molecular complexity index is 143. The molecule has 0 aromatic heterocycles. The minimum atomic E-state index is 0.374. The van der Waals surface area contributed by atoms with Crippen molar-refractivity contribution >= 4 is 23.5 Å². The molecule has 64 valence electrons. The first-order chi connectivity index (χ1) is 5.35. The quantitative estimate of drug-likeness (QED) is 0.684. The third kappa shape index (κ3) is 1.56. The van der Waals surface area contributed by atoms with Crippen LogP contribution in [0.15, 0.2) is 0 Å². The molecular weight excluding hydrogens is 176 g/mol. The van der Waals surface area contributed by atoms with Gasteiger partial charge in [-0.2, -0.15) is 0 Å². The summed E-state index contributed by atoms with van der Waals surface area (Å²) in [6.07, 6.45) is 5.55. The highest BCUT2D eigenvalue weighted by atomic mass is 32.2. The fourth-order valence-electron chi connectivity index (χ4n) is 1.88. The van der Waals surface area contributed by atoms with E-state index in [4.69, 9.17) is 5.11 Å². The minimum absolute atomic E-state index is 0.374. The van der Waals surface area contributed by atoms with Gasteiger partial charge in [0.25, 0.3) is 0 Å². The summed E-state index contributed by atoms with van der Waals surface area (Å²) in [7, 11) is 0. The third-order valence-electron chi connectivity index (χ3n) is 2.48. The Labute approximate surface area is 76.3 Å². The lowest BCUT2D eigenvalue weighted by molar-refractivity contribution is 0.301. The largest absolute Gasteiger partial charge is 0.395 e. The molecule has 1 atom stereocenters. The van der Waals surface area contributed by atoms with Crippen LogP contribution in [0.2, 0.25) is 0 Å². The molecule has 0 bridgehead atoms. The van der Waals surface area contributed by atoms with Crippen LogP contribution in [0.25, 0.3) is 0 Å². The van der Waals surface area contributed by atoms with Crippen LogP contribution in [-0.4, -0.2) is 26.8 Å². The maximum absolute atomic E-state index is 8.98. The molecule has 2 fully saturated rings. The molecule has 11 heavy (non-hydrogen) atoms. The Kier molecular flexibility index (Phi) is 2.40. The molecule has 0 amide bonds. The molecule has 0 aromatic carbocycles. The summed E-state index contributed by atoms with van der Waals surface area (Å²) in [6, 6.07) is 0. The minimum Gasteiger partial charge on any atom is -0.395 e. The second kappa shape index (κ2) is 3.19. The smallest absolute Gasteiger partial charge is 0.0615 e. The van der Waals surface area contributed by atoms with Crippen LogP contribution in [0.5, 0.6) is 0 Å². The van der Waals surface area contributed by atoms with Crippen LogP contribution in [0.3, 0.4) is 0 Å². The van der Waals surface area contributed by atoms with Crippen molar-refractivity contribution in [3.05, 3.63) is 0 Å². The molecule has 1 aliphatic carbocycles. The predicted octanol–water partition coefficient (Wildman–Crippen LogP) is 2.10. The highest BCUT2D eigenvalue weighted by molar-refractivity contribution is 8.21. The van der Waals surface area contributed by atoms with E-state index in [0.717, 1.165) is 0 Å². The van der Waals surface area contributed by atoms with Gasteiger partial charge in [-0.15, -0.1) is 23.5 Å². The molecule has 1 heterocycles. The standard InChI is InChI=1S/C8H14OS2/c9-5-7-6-10-8(11-7)3-1-2-4-8/h7,9H,1-6H2/t7-/m0/s1. The number of thioether (sulfide) groups is 2. The molecule has 3 heteroatoms. The number of aliphatic hydroxyl groups is 1. The predicted molar refractivity (Wildman–Crippen MR) is 52.1 cm³/mol. The summed E-state index contributed by atoms with van der Waals surface area (Å²) in [5.41, 5.74) is 0. The van der Waals surface area contributed by atoms with Crippen LogP contribution in [0.4, 0.5) is 0 Å². The Balaban J connectivity index is 1.96. The Hall–Kier alpha value is 0.660. The van der Waals surface area contributed by atoms with Crippen molar-refractivity contribution in [2.45, 2.75) is 35.0 Å². The van der Waals surface area contributed by atoms with Crippen LogP contribution >= 0.6 is 23.5 Å². The topological polar surface area (TPSA) is 20.2 Å². The Morgan fingerprint density at radius 2 is 2.09 bits per heavy atom. The lowest BCUT2D eigenvalue weighted by atomic mass is 10.4. The number of aliphatic hydroxyl groups excluding tert-OH is 1. The van der Waals surface area contributed by atoms with Gasteiger partial charge in [-0.3, -0.25) is 0 Å². The molecule has 1 saturated heterocycles. The first kappa shape index (κ1) is 8.27. The monoisotopic (exact) mass is 190 g/mol. The van der Waals surface area contributed by atoms with Crippen molar-refractivity contribution in [2.24, 2.45) is 0 Å². The molecule has 1 saturated carbocycles. The molecule has 1 aliphatic heterocycles. The van der Waals surface area contributed by atoms with Gasteiger partial charge in [-0.25, -0.2) is 0 Å². The fourth-order valence-corrected chi connectivity index (χ4v) is 5.62. The van der Waals surface area contributed by atoms with Crippen molar-refractivity contribution in [1.82, 2.24) is 0 Å². The summed E-state index contributed by atoms with van der Waals surface area (Å²) in [5, 5.41) is 9.50. The van der Waals surface area contributed by atoms with Gasteiger partial charge < -0.3 is 5.11 Å². The van der Waals surface area contributed by atoms with E-state index in [1.165, 1.54) is 31.4 Å². The highest BCUT2D eigenvalue weighted by Gasteiger charge is 2.42. The van der Waals surface area contributed by atoms with E-state index in [-0.39, 0.29) is 0 Å². The van der Waals surface area contributed by atoms with Gasteiger partial charge in [0.15, 0.2) is 0 Å². The van der Waals surface area contributed by atoms with Crippen molar-refractivity contribution < 1.29 is 5.11 Å². The summed E-state index contributed by atoms with van der Waals surface area (Å²) in [4.78, 5) is 0. The van der Waals surface area contributed by atoms with Gasteiger partial charge in [-0.05, 0) is 12.8 Å². The summed E-state index contributed by atoms with van der Waals surface area (Å²) in [5.74, 6) is 1.17. The number of hydrogen-bond donors (Lipinski definition) is 1. The zero-order valence-electron chi connectivity index (χ0n) is 6.58. The molecule has 2 aliphatic rings. The fraction of sp³-hybridized carbons (Fsp3) is 1.00. The molecule has 0 unspecified atom stereocenters. The second-order valence-electron chi connectivity index (χ2n) is 3.35. The van der Waals surface area contributed by atoms with Crippen LogP contribution in [-0.2, 0) is 0 Å². The molecule has 0 aromatic rings. The van der Waals surface area contributed by atoms with Crippen LogP contribution in [0, 0.1) is 0 Å². The van der Waals surface area contributed by atoms with E-state index in [9.17, 15) is 0 Å². The lowest BCUT2D eigenvalue weighted by Crippen LogP contribution is -2.12. The van der Waals surface area contributed by atoms with E-state index in [0.29, 0.717) is 15.9 Å². The first-order valence-electron chi connectivity index (χ1n) is 4.27. The van der Waals surface area contributed by atoms with Gasteiger partial charge in [0.2, 0.25) is 0 Å². The number of hydrogen-bond acceptors (Lipinski definition) is 3. The average molecular weight is 190 g/mol. The second-order valence-corrected chi connectivity index (χ2v) is 6.70. The number of rotatable bonds is 1. The van der Waals surface area contributed by atoms with Crippen LogP contribution in [0.1, 0.15) is 25.7 Å². The third-order valence-corrected chi connectivity index (χ3v) is 6.33. The highest BCUT2D eigenvalue weighted by Crippen LogP contribution is 2.56. The van der Waals surface area contributed by atoms with Crippen molar-refractivity contribution in [3.63, 3.8) is 0 Å². The Morgan fingerprint density at radius 3 is 2.64 bits per heavy atom. The van der Waals surface area contributed by atoms with E-state index in [1.807, 2.05) is 11.8 Å². The van der Waals surface area contributed by atoms with Gasteiger partial charge in [-0.1, -0.05) is 12.8 Å². The molecule has 1 spiro atoms. The SMILES string of the molecule is OC[C@H]1CSC2(CCCC2)S1. The van der Waals surface area contributed by atoms with Crippen LogP contribution < -0.4 is 0 Å². The zero-order chi connectivity index (χ0) is 7.73. The molecule has 2 rings (SSSR count).